The van der Waals surface area contributed by atoms with Crippen LogP contribution in [0.1, 0.15) is 19.8 Å². The second kappa shape index (κ2) is 6.54. The average Bonchev–Trinajstić information content (AvgIpc) is 2.85. The SMILES string of the molecule is CCOC(=O)CN1CCC(Cn2cccn2)CC1. The molecule has 1 fully saturated rings. The smallest absolute Gasteiger partial charge is 0.320 e. The van der Waals surface area contributed by atoms with Crippen molar-refractivity contribution in [1.82, 2.24) is 14.7 Å². The first kappa shape index (κ1) is 13.1. The van der Waals surface area contributed by atoms with Gasteiger partial charge in [0.15, 0.2) is 0 Å². The van der Waals surface area contributed by atoms with Gasteiger partial charge >= 0.3 is 5.97 Å². The monoisotopic (exact) mass is 251 g/mol. The van der Waals surface area contributed by atoms with E-state index in [0.29, 0.717) is 19.1 Å². The Kier molecular flexibility index (Phi) is 4.75. The van der Waals surface area contributed by atoms with Crippen LogP contribution in [0.5, 0.6) is 0 Å². The van der Waals surface area contributed by atoms with E-state index >= 15 is 0 Å². The van der Waals surface area contributed by atoms with Gasteiger partial charge in [-0.05, 0) is 44.8 Å². The van der Waals surface area contributed by atoms with Gasteiger partial charge in [-0.25, -0.2) is 0 Å². The van der Waals surface area contributed by atoms with E-state index in [2.05, 4.69) is 10.00 Å². The molecule has 2 heterocycles. The number of rotatable bonds is 5. The van der Waals surface area contributed by atoms with Crippen molar-refractivity contribution in [2.75, 3.05) is 26.2 Å². The van der Waals surface area contributed by atoms with Crippen molar-refractivity contribution >= 4 is 5.97 Å². The van der Waals surface area contributed by atoms with E-state index in [1.54, 1.807) is 0 Å². The summed E-state index contributed by atoms with van der Waals surface area (Å²) in [6.07, 6.45) is 6.07. The van der Waals surface area contributed by atoms with Crippen LogP contribution < -0.4 is 0 Å². The molecule has 0 atom stereocenters. The highest BCUT2D eigenvalue weighted by Crippen LogP contribution is 2.18. The number of ether oxygens (including phenoxy) is 1. The quantitative estimate of drug-likeness (QED) is 0.737. The van der Waals surface area contributed by atoms with Gasteiger partial charge in [0, 0.05) is 18.9 Å². The Morgan fingerprint density at radius 3 is 2.83 bits per heavy atom. The molecule has 100 valence electrons. The number of esters is 1. The summed E-state index contributed by atoms with van der Waals surface area (Å²) in [6.45, 7) is 5.68. The van der Waals surface area contributed by atoms with E-state index in [1.807, 2.05) is 30.1 Å². The largest absolute Gasteiger partial charge is 0.465 e. The zero-order chi connectivity index (χ0) is 12.8. The molecule has 0 aromatic carbocycles. The summed E-state index contributed by atoms with van der Waals surface area (Å²) in [5, 5.41) is 4.23. The van der Waals surface area contributed by atoms with Gasteiger partial charge in [0.05, 0.1) is 13.2 Å². The van der Waals surface area contributed by atoms with Gasteiger partial charge in [-0.2, -0.15) is 5.10 Å². The number of piperidine rings is 1. The second-order valence-corrected chi connectivity index (χ2v) is 4.75. The first-order valence-electron chi connectivity index (χ1n) is 6.63. The van der Waals surface area contributed by atoms with Crippen LogP contribution in [0.15, 0.2) is 18.5 Å². The molecule has 0 unspecified atom stereocenters. The third-order valence-electron chi connectivity index (χ3n) is 3.37. The van der Waals surface area contributed by atoms with Crippen molar-refractivity contribution in [3.8, 4) is 0 Å². The van der Waals surface area contributed by atoms with Crippen molar-refractivity contribution < 1.29 is 9.53 Å². The molecule has 0 saturated carbocycles. The lowest BCUT2D eigenvalue weighted by Crippen LogP contribution is -2.38. The standard InChI is InChI=1S/C13H21N3O2/c1-2-18-13(17)11-15-8-4-12(5-9-15)10-16-7-3-6-14-16/h3,6-7,12H,2,4-5,8-11H2,1H3. The fourth-order valence-corrected chi connectivity index (χ4v) is 2.39. The predicted molar refractivity (Wildman–Crippen MR) is 68.0 cm³/mol. The van der Waals surface area contributed by atoms with Crippen LogP contribution >= 0.6 is 0 Å². The van der Waals surface area contributed by atoms with Gasteiger partial charge in [-0.15, -0.1) is 0 Å². The minimum atomic E-state index is -0.108. The van der Waals surface area contributed by atoms with Gasteiger partial charge in [-0.3, -0.25) is 14.4 Å². The maximum atomic E-state index is 11.4. The molecule has 2 rings (SSSR count). The number of aromatic nitrogens is 2. The molecule has 1 aliphatic rings. The van der Waals surface area contributed by atoms with Crippen LogP contribution in [-0.4, -0.2) is 46.9 Å². The van der Waals surface area contributed by atoms with Crippen LogP contribution in [0, 0.1) is 5.92 Å². The average molecular weight is 251 g/mol. The molecular weight excluding hydrogens is 230 g/mol. The number of nitrogens with zero attached hydrogens (tertiary/aromatic N) is 3. The van der Waals surface area contributed by atoms with Crippen LogP contribution in [0.25, 0.3) is 0 Å². The topological polar surface area (TPSA) is 47.4 Å². The zero-order valence-corrected chi connectivity index (χ0v) is 10.9. The fraction of sp³-hybridized carbons (Fsp3) is 0.692. The summed E-state index contributed by atoms with van der Waals surface area (Å²) in [6, 6.07) is 1.95. The highest BCUT2D eigenvalue weighted by atomic mass is 16.5. The first-order chi connectivity index (χ1) is 8.78. The molecule has 1 saturated heterocycles. The fourth-order valence-electron chi connectivity index (χ4n) is 2.39. The van der Waals surface area contributed by atoms with E-state index in [9.17, 15) is 4.79 Å². The van der Waals surface area contributed by atoms with Gasteiger partial charge in [0.1, 0.15) is 0 Å². The molecule has 1 aromatic rings. The van der Waals surface area contributed by atoms with E-state index in [1.165, 1.54) is 0 Å². The van der Waals surface area contributed by atoms with Crippen LogP contribution in [0.3, 0.4) is 0 Å². The molecule has 5 heteroatoms. The summed E-state index contributed by atoms with van der Waals surface area (Å²) < 4.78 is 6.95. The second-order valence-electron chi connectivity index (χ2n) is 4.75. The predicted octanol–water partition coefficient (Wildman–Crippen LogP) is 1.16. The molecule has 0 spiro atoms. The number of hydrogen-bond acceptors (Lipinski definition) is 4. The Hall–Kier alpha value is -1.36. The molecule has 0 amide bonds. The third kappa shape index (κ3) is 3.84. The number of carbonyl (C=O) groups is 1. The summed E-state index contributed by atoms with van der Waals surface area (Å²) in [4.78, 5) is 13.5. The highest BCUT2D eigenvalue weighted by molar-refractivity contribution is 5.71. The highest BCUT2D eigenvalue weighted by Gasteiger charge is 2.21. The molecular formula is C13H21N3O2. The van der Waals surface area contributed by atoms with Crippen molar-refractivity contribution in [1.29, 1.82) is 0 Å². The van der Waals surface area contributed by atoms with E-state index < -0.39 is 0 Å². The Balaban J connectivity index is 1.69. The third-order valence-corrected chi connectivity index (χ3v) is 3.37. The lowest BCUT2D eigenvalue weighted by molar-refractivity contribution is -0.144. The lowest BCUT2D eigenvalue weighted by Gasteiger charge is -2.31. The van der Waals surface area contributed by atoms with Gasteiger partial charge < -0.3 is 4.74 Å². The molecule has 1 aromatic heterocycles. The zero-order valence-electron chi connectivity index (χ0n) is 10.9. The van der Waals surface area contributed by atoms with Gasteiger partial charge in [0.25, 0.3) is 0 Å². The van der Waals surface area contributed by atoms with Crippen molar-refractivity contribution in [3.05, 3.63) is 18.5 Å². The molecule has 5 nitrogen and oxygen atoms in total. The minimum absolute atomic E-state index is 0.108. The summed E-state index contributed by atoms with van der Waals surface area (Å²) in [7, 11) is 0. The normalized spacial score (nSPS) is 17.8. The molecule has 0 N–H and O–H groups in total. The van der Waals surface area contributed by atoms with Crippen LogP contribution in [-0.2, 0) is 16.1 Å². The van der Waals surface area contributed by atoms with Crippen LogP contribution in [0.4, 0.5) is 0 Å². The summed E-state index contributed by atoms with van der Waals surface area (Å²) in [5.74, 6) is 0.561. The van der Waals surface area contributed by atoms with E-state index in [0.717, 1.165) is 32.5 Å². The Morgan fingerprint density at radius 2 is 2.22 bits per heavy atom. The van der Waals surface area contributed by atoms with Crippen molar-refractivity contribution in [2.45, 2.75) is 26.3 Å². The Bertz CT molecular complexity index is 356. The number of hydrogen-bond donors (Lipinski definition) is 0. The Labute approximate surface area is 108 Å². The van der Waals surface area contributed by atoms with Crippen LogP contribution in [0.2, 0.25) is 0 Å². The number of carbonyl (C=O) groups excluding carboxylic acids is 1. The Morgan fingerprint density at radius 1 is 1.44 bits per heavy atom. The summed E-state index contributed by atoms with van der Waals surface area (Å²) in [5.41, 5.74) is 0. The van der Waals surface area contributed by atoms with E-state index in [4.69, 9.17) is 4.74 Å². The maximum Gasteiger partial charge on any atom is 0.320 e. The molecule has 18 heavy (non-hydrogen) atoms. The minimum Gasteiger partial charge on any atom is -0.465 e. The lowest BCUT2D eigenvalue weighted by atomic mass is 9.97. The summed E-state index contributed by atoms with van der Waals surface area (Å²) >= 11 is 0. The van der Waals surface area contributed by atoms with E-state index in [-0.39, 0.29) is 5.97 Å². The van der Waals surface area contributed by atoms with Gasteiger partial charge in [0.2, 0.25) is 0 Å². The van der Waals surface area contributed by atoms with Gasteiger partial charge in [-0.1, -0.05) is 0 Å². The van der Waals surface area contributed by atoms with Crippen molar-refractivity contribution in [3.63, 3.8) is 0 Å². The molecule has 0 bridgehead atoms. The molecule has 0 aliphatic carbocycles. The number of likely N-dealkylation sites (tertiary alicyclic amines) is 1. The molecule has 1 aliphatic heterocycles. The first-order valence-corrected chi connectivity index (χ1v) is 6.63. The molecule has 0 radical (unpaired) electrons. The maximum absolute atomic E-state index is 11.4. The van der Waals surface area contributed by atoms with Crippen molar-refractivity contribution in [2.24, 2.45) is 5.92 Å².